The van der Waals surface area contributed by atoms with Crippen molar-refractivity contribution in [3.63, 3.8) is 0 Å². The highest BCUT2D eigenvalue weighted by Crippen LogP contribution is 2.37. The first-order chi connectivity index (χ1) is 13.0. The molecule has 0 aliphatic carbocycles. The molecule has 0 radical (unpaired) electrons. The van der Waals surface area contributed by atoms with Gasteiger partial charge in [0.15, 0.2) is 0 Å². The van der Waals surface area contributed by atoms with Gasteiger partial charge in [0.2, 0.25) is 18.3 Å². The van der Waals surface area contributed by atoms with Crippen LogP contribution in [-0.2, 0) is 9.59 Å². The molecule has 0 unspecified atom stereocenters. The first kappa shape index (κ1) is 18.2. The third-order valence-electron chi connectivity index (χ3n) is 4.11. The maximum absolute atomic E-state index is 11.8. The standard InChI is InChI=1S/C18H21N7O2/c1-3-25-13-7-5-4-6-12(13)22-17(25)15(19)16-11(2)8-21-18(24-16)23-14(27)9-20-10-26/h4-8,10,22H,3,9,19H2,1-2H3,(H,20,26)(H,21,23,24,27)/b17-15-. The van der Waals surface area contributed by atoms with Gasteiger partial charge in [0.1, 0.15) is 5.82 Å². The SMILES string of the molecule is CCN1/C(=C(\N)c2nc(NC(=O)CNC=O)ncc2C)Nc2ccccc21. The van der Waals surface area contributed by atoms with Gasteiger partial charge < -0.3 is 21.3 Å². The minimum absolute atomic E-state index is 0.121. The lowest BCUT2D eigenvalue weighted by molar-refractivity contribution is -0.118. The summed E-state index contributed by atoms with van der Waals surface area (Å²) in [5, 5.41) is 8.16. The van der Waals surface area contributed by atoms with Crippen molar-refractivity contribution in [3.05, 3.63) is 47.5 Å². The van der Waals surface area contributed by atoms with E-state index in [0.717, 1.165) is 29.3 Å². The van der Waals surface area contributed by atoms with E-state index in [9.17, 15) is 9.59 Å². The number of para-hydroxylation sites is 2. The quantitative estimate of drug-likeness (QED) is 0.561. The predicted octanol–water partition coefficient (Wildman–Crippen LogP) is 1.01. The zero-order valence-corrected chi connectivity index (χ0v) is 15.1. The zero-order valence-electron chi connectivity index (χ0n) is 15.1. The molecule has 1 aromatic carbocycles. The highest BCUT2D eigenvalue weighted by molar-refractivity contribution is 5.92. The fourth-order valence-electron chi connectivity index (χ4n) is 2.86. The Morgan fingerprint density at radius 1 is 1.37 bits per heavy atom. The molecule has 2 aromatic rings. The highest BCUT2D eigenvalue weighted by Gasteiger charge is 2.26. The van der Waals surface area contributed by atoms with Gasteiger partial charge in [0.05, 0.1) is 29.3 Å². The van der Waals surface area contributed by atoms with Crippen LogP contribution in [0, 0.1) is 6.92 Å². The molecular formula is C18H21N7O2. The summed E-state index contributed by atoms with van der Waals surface area (Å²) < 4.78 is 0. The topological polar surface area (TPSA) is 125 Å². The summed E-state index contributed by atoms with van der Waals surface area (Å²) in [7, 11) is 0. The lowest BCUT2D eigenvalue weighted by Gasteiger charge is -2.20. The van der Waals surface area contributed by atoms with Crippen molar-refractivity contribution in [2.24, 2.45) is 5.73 Å². The molecule has 3 rings (SSSR count). The number of carbonyl (C=O) groups excluding carboxylic acids is 2. The van der Waals surface area contributed by atoms with E-state index in [1.54, 1.807) is 6.20 Å². The van der Waals surface area contributed by atoms with Gasteiger partial charge in [-0.15, -0.1) is 0 Å². The fourth-order valence-corrected chi connectivity index (χ4v) is 2.86. The number of fused-ring (bicyclic) bond motifs is 1. The summed E-state index contributed by atoms with van der Waals surface area (Å²) in [5.41, 5.74) is 10.2. The minimum Gasteiger partial charge on any atom is -0.394 e. The van der Waals surface area contributed by atoms with E-state index in [-0.39, 0.29) is 12.5 Å². The summed E-state index contributed by atoms with van der Waals surface area (Å²) in [6, 6.07) is 7.93. The number of carbonyl (C=O) groups is 2. The molecule has 1 aromatic heterocycles. The van der Waals surface area contributed by atoms with E-state index in [2.05, 4.69) is 30.8 Å². The monoisotopic (exact) mass is 367 g/mol. The lowest BCUT2D eigenvalue weighted by Crippen LogP contribution is -2.28. The van der Waals surface area contributed by atoms with Gasteiger partial charge >= 0.3 is 0 Å². The second kappa shape index (κ2) is 7.73. The molecule has 1 aliphatic heterocycles. The second-order valence-corrected chi connectivity index (χ2v) is 5.92. The predicted molar refractivity (Wildman–Crippen MR) is 104 cm³/mol. The first-order valence-electron chi connectivity index (χ1n) is 8.49. The Balaban J connectivity index is 1.93. The second-order valence-electron chi connectivity index (χ2n) is 5.92. The smallest absolute Gasteiger partial charge is 0.246 e. The van der Waals surface area contributed by atoms with Crippen molar-refractivity contribution >= 4 is 35.3 Å². The van der Waals surface area contributed by atoms with Crippen molar-refractivity contribution in [2.75, 3.05) is 28.6 Å². The van der Waals surface area contributed by atoms with Crippen LogP contribution in [0.25, 0.3) is 5.70 Å². The number of benzene rings is 1. The normalized spacial score (nSPS) is 14.2. The molecule has 0 saturated heterocycles. The number of nitrogens with zero attached hydrogens (tertiary/aromatic N) is 3. The van der Waals surface area contributed by atoms with Crippen LogP contribution in [0.5, 0.6) is 0 Å². The average molecular weight is 367 g/mol. The van der Waals surface area contributed by atoms with Gasteiger partial charge in [-0.1, -0.05) is 12.1 Å². The molecule has 0 atom stereocenters. The molecular weight excluding hydrogens is 346 g/mol. The average Bonchev–Trinajstić information content (AvgIpc) is 3.06. The van der Waals surface area contributed by atoms with Gasteiger partial charge in [-0.05, 0) is 31.5 Å². The molecule has 0 spiro atoms. The Bertz CT molecular complexity index is 910. The Hall–Kier alpha value is -3.62. The summed E-state index contributed by atoms with van der Waals surface area (Å²) in [6.45, 7) is 4.45. The number of aryl methyl sites for hydroxylation is 1. The largest absolute Gasteiger partial charge is 0.394 e. The fraction of sp³-hybridized carbons (Fsp3) is 0.222. The molecule has 27 heavy (non-hydrogen) atoms. The molecule has 0 saturated carbocycles. The Labute approximate surface area is 156 Å². The van der Waals surface area contributed by atoms with Crippen molar-refractivity contribution < 1.29 is 9.59 Å². The van der Waals surface area contributed by atoms with Gasteiger partial charge in [-0.2, -0.15) is 0 Å². The summed E-state index contributed by atoms with van der Waals surface area (Å²) in [6.07, 6.45) is 2.04. The minimum atomic E-state index is -0.426. The third kappa shape index (κ3) is 3.66. The Kier molecular flexibility index (Phi) is 5.20. The molecule has 2 heterocycles. The van der Waals surface area contributed by atoms with Crippen LogP contribution in [0.4, 0.5) is 17.3 Å². The zero-order chi connectivity index (χ0) is 19.4. The van der Waals surface area contributed by atoms with E-state index >= 15 is 0 Å². The van der Waals surface area contributed by atoms with Gasteiger partial charge in [0.25, 0.3) is 0 Å². The van der Waals surface area contributed by atoms with Crippen LogP contribution in [0.1, 0.15) is 18.2 Å². The molecule has 140 valence electrons. The van der Waals surface area contributed by atoms with Crippen LogP contribution < -0.4 is 26.6 Å². The number of hydrogen-bond donors (Lipinski definition) is 4. The van der Waals surface area contributed by atoms with Crippen molar-refractivity contribution in [1.29, 1.82) is 0 Å². The first-order valence-corrected chi connectivity index (χ1v) is 8.49. The third-order valence-corrected chi connectivity index (χ3v) is 4.11. The van der Waals surface area contributed by atoms with Crippen molar-refractivity contribution in [3.8, 4) is 0 Å². The van der Waals surface area contributed by atoms with E-state index < -0.39 is 5.91 Å². The molecule has 9 nitrogen and oxygen atoms in total. The maximum Gasteiger partial charge on any atom is 0.246 e. The van der Waals surface area contributed by atoms with E-state index in [4.69, 9.17) is 5.73 Å². The number of anilines is 3. The number of aromatic nitrogens is 2. The van der Waals surface area contributed by atoms with Crippen LogP contribution in [0.3, 0.4) is 0 Å². The maximum atomic E-state index is 11.8. The molecule has 0 fully saturated rings. The van der Waals surface area contributed by atoms with Crippen LogP contribution >= 0.6 is 0 Å². The molecule has 9 heteroatoms. The van der Waals surface area contributed by atoms with Gasteiger partial charge in [0, 0.05) is 12.7 Å². The molecule has 2 amide bonds. The van der Waals surface area contributed by atoms with E-state index in [1.165, 1.54) is 0 Å². The number of rotatable bonds is 6. The van der Waals surface area contributed by atoms with Crippen LogP contribution in [0.2, 0.25) is 0 Å². The Morgan fingerprint density at radius 2 is 2.15 bits per heavy atom. The summed E-state index contributed by atoms with van der Waals surface area (Å²) in [4.78, 5) is 32.6. The van der Waals surface area contributed by atoms with Crippen LogP contribution in [0.15, 0.2) is 36.3 Å². The summed E-state index contributed by atoms with van der Waals surface area (Å²) in [5.74, 6) is 0.431. The van der Waals surface area contributed by atoms with E-state index in [0.29, 0.717) is 17.8 Å². The highest BCUT2D eigenvalue weighted by atomic mass is 16.2. The van der Waals surface area contributed by atoms with Gasteiger partial charge in [-0.25, -0.2) is 9.97 Å². The lowest BCUT2D eigenvalue weighted by atomic mass is 10.2. The van der Waals surface area contributed by atoms with Crippen LogP contribution in [-0.4, -0.2) is 35.4 Å². The molecule has 5 N–H and O–H groups in total. The van der Waals surface area contributed by atoms with Crippen molar-refractivity contribution in [2.45, 2.75) is 13.8 Å². The number of hydrogen-bond acceptors (Lipinski definition) is 7. The van der Waals surface area contributed by atoms with Crippen molar-refractivity contribution in [1.82, 2.24) is 15.3 Å². The van der Waals surface area contributed by atoms with Gasteiger partial charge in [-0.3, -0.25) is 14.9 Å². The molecule has 1 aliphatic rings. The Morgan fingerprint density at radius 3 is 2.89 bits per heavy atom. The van der Waals surface area contributed by atoms with E-state index in [1.807, 2.05) is 38.1 Å². The summed E-state index contributed by atoms with van der Waals surface area (Å²) >= 11 is 0. The number of amides is 2. The number of nitrogens with one attached hydrogen (secondary N) is 3. The molecule has 0 bridgehead atoms. The number of nitrogens with two attached hydrogens (primary N) is 1.